The maximum atomic E-state index is 12.4. The lowest BCUT2D eigenvalue weighted by atomic mass is 10.2. The quantitative estimate of drug-likeness (QED) is 0.603. The van der Waals surface area contributed by atoms with Gasteiger partial charge in [0, 0.05) is 44.5 Å². The summed E-state index contributed by atoms with van der Waals surface area (Å²) in [6.07, 6.45) is 3.49. The summed E-state index contributed by atoms with van der Waals surface area (Å²) >= 11 is 3.58. The zero-order valence-corrected chi connectivity index (χ0v) is 22.4. The smallest absolute Gasteiger partial charge is 0.410 e. The van der Waals surface area contributed by atoms with Crippen molar-refractivity contribution in [3.8, 4) is 5.88 Å². The Morgan fingerprint density at radius 2 is 1.89 bits per heavy atom. The minimum atomic E-state index is -0.508. The number of nitrogens with zero attached hydrogens (tertiary/aromatic N) is 7. The lowest BCUT2D eigenvalue weighted by Gasteiger charge is -2.36. The molecule has 3 aliphatic rings. The molecule has 1 N–H and O–H groups in total. The van der Waals surface area contributed by atoms with Crippen molar-refractivity contribution in [2.75, 3.05) is 61.5 Å². The molecule has 190 valence electrons. The van der Waals surface area contributed by atoms with Crippen molar-refractivity contribution in [2.24, 2.45) is 4.99 Å². The minimum Gasteiger partial charge on any atom is -0.479 e. The molecule has 1 amide bonds. The Kier molecular flexibility index (Phi) is 6.45. The third-order valence-corrected chi connectivity index (χ3v) is 6.51. The lowest BCUT2D eigenvalue weighted by molar-refractivity contribution is 0.0240. The third-order valence-electron chi connectivity index (χ3n) is 5.93. The number of piperazine rings is 1. The number of rotatable bonds is 4. The molecule has 3 aliphatic heterocycles. The van der Waals surface area contributed by atoms with Gasteiger partial charge in [-0.2, -0.15) is 9.97 Å². The van der Waals surface area contributed by atoms with Crippen molar-refractivity contribution < 1.29 is 14.3 Å². The molecule has 1 saturated heterocycles. The molecule has 11 nitrogen and oxygen atoms in total. The van der Waals surface area contributed by atoms with Crippen LogP contribution in [0, 0.1) is 0 Å². The van der Waals surface area contributed by atoms with E-state index in [0.717, 1.165) is 40.6 Å². The zero-order chi connectivity index (χ0) is 25.4. The van der Waals surface area contributed by atoms with Crippen LogP contribution in [-0.4, -0.2) is 83.8 Å². The molecule has 2 aromatic heterocycles. The number of carbonyl (C=O) groups is 1. The summed E-state index contributed by atoms with van der Waals surface area (Å²) < 4.78 is 12.0. The van der Waals surface area contributed by atoms with Crippen LogP contribution >= 0.6 is 15.9 Å². The van der Waals surface area contributed by atoms with Gasteiger partial charge in [0.25, 0.3) is 0 Å². The maximum absolute atomic E-state index is 12.4. The highest BCUT2D eigenvalue weighted by molar-refractivity contribution is 9.12. The molecule has 2 aromatic rings. The highest BCUT2D eigenvalue weighted by atomic mass is 79.9. The number of methoxy groups -OCH3 is 1. The Balaban J connectivity index is 1.28. The van der Waals surface area contributed by atoms with Crippen LogP contribution in [0.3, 0.4) is 0 Å². The second-order valence-electron chi connectivity index (χ2n) is 9.63. The van der Waals surface area contributed by atoms with E-state index >= 15 is 0 Å². The fraction of sp³-hybridized carbons (Fsp3) is 0.458. The molecule has 0 radical (unpaired) electrons. The summed E-state index contributed by atoms with van der Waals surface area (Å²) in [5.74, 6) is 3.38. The van der Waals surface area contributed by atoms with Gasteiger partial charge in [-0.25, -0.2) is 9.78 Å². The van der Waals surface area contributed by atoms with Gasteiger partial charge in [0.1, 0.15) is 28.8 Å². The number of aliphatic imine (C=N–C) groups is 1. The van der Waals surface area contributed by atoms with Crippen LogP contribution in [0.5, 0.6) is 5.88 Å². The number of anilines is 4. The number of nitrogens with one attached hydrogen (secondary N) is 1. The van der Waals surface area contributed by atoms with Crippen LogP contribution < -0.4 is 19.9 Å². The topological polar surface area (TPSA) is 108 Å². The molecule has 12 heteroatoms. The normalized spacial score (nSPS) is 17.2. The van der Waals surface area contributed by atoms with E-state index in [4.69, 9.17) is 19.4 Å². The van der Waals surface area contributed by atoms with Gasteiger partial charge >= 0.3 is 6.09 Å². The number of pyridine rings is 1. The Labute approximate surface area is 218 Å². The second-order valence-corrected chi connectivity index (χ2v) is 10.5. The van der Waals surface area contributed by atoms with E-state index in [1.807, 2.05) is 39.0 Å². The Morgan fingerprint density at radius 1 is 1.11 bits per heavy atom. The van der Waals surface area contributed by atoms with Crippen molar-refractivity contribution >= 4 is 57.2 Å². The van der Waals surface area contributed by atoms with E-state index in [1.54, 1.807) is 18.2 Å². The summed E-state index contributed by atoms with van der Waals surface area (Å²) in [5, 5.41) is 3.24. The van der Waals surface area contributed by atoms with Gasteiger partial charge in [-0.15, -0.1) is 0 Å². The fourth-order valence-corrected chi connectivity index (χ4v) is 4.83. The highest BCUT2D eigenvalue weighted by Gasteiger charge is 2.29. The van der Waals surface area contributed by atoms with Gasteiger partial charge in [0.2, 0.25) is 11.8 Å². The molecule has 0 aromatic carbocycles. The Morgan fingerprint density at radius 3 is 2.61 bits per heavy atom. The number of amides is 1. The van der Waals surface area contributed by atoms with Gasteiger partial charge in [-0.3, -0.25) is 4.99 Å². The summed E-state index contributed by atoms with van der Waals surface area (Å²) in [5.41, 5.74) is 1.08. The first kappa shape index (κ1) is 24.3. The predicted octanol–water partition coefficient (Wildman–Crippen LogP) is 3.65. The number of carbonyl (C=O) groups excluding carboxylic acids is 1. The maximum Gasteiger partial charge on any atom is 0.410 e. The SMILES string of the molecule is COc1nc(N2CCN(C(=O)OC(C)(C)C)CC2)ccc1Nc1ncc2c(n1)N1CCN=C1C(Br)=C2. The van der Waals surface area contributed by atoms with Crippen molar-refractivity contribution in [3.05, 3.63) is 28.4 Å². The van der Waals surface area contributed by atoms with Crippen LogP contribution in [0.4, 0.5) is 28.1 Å². The van der Waals surface area contributed by atoms with Gasteiger partial charge in [-0.1, -0.05) is 0 Å². The number of hydrogen-bond acceptors (Lipinski definition) is 10. The summed E-state index contributed by atoms with van der Waals surface area (Å²) in [6, 6.07) is 3.83. The van der Waals surface area contributed by atoms with E-state index in [2.05, 4.69) is 41.0 Å². The first-order valence-corrected chi connectivity index (χ1v) is 12.6. The van der Waals surface area contributed by atoms with Crippen LogP contribution in [0.15, 0.2) is 27.8 Å². The lowest BCUT2D eigenvalue weighted by Crippen LogP contribution is -2.50. The fourth-order valence-electron chi connectivity index (χ4n) is 4.24. The minimum absolute atomic E-state index is 0.285. The van der Waals surface area contributed by atoms with Crippen LogP contribution in [0.1, 0.15) is 26.3 Å². The molecule has 5 heterocycles. The average molecular weight is 557 g/mol. The molecular weight excluding hydrogens is 528 g/mol. The number of amidine groups is 1. The Hall–Kier alpha value is -3.41. The number of halogens is 1. The summed E-state index contributed by atoms with van der Waals surface area (Å²) in [4.78, 5) is 36.8. The van der Waals surface area contributed by atoms with Crippen LogP contribution in [0.2, 0.25) is 0 Å². The molecule has 1 fully saturated rings. The van der Waals surface area contributed by atoms with E-state index in [1.165, 1.54) is 0 Å². The van der Waals surface area contributed by atoms with E-state index < -0.39 is 5.60 Å². The third kappa shape index (κ3) is 4.95. The molecular formula is C24H29BrN8O3. The predicted molar refractivity (Wildman–Crippen MR) is 143 cm³/mol. The highest BCUT2D eigenvalue weighted by Crippen LogP contribution is 2.34. The molecule has 5 rings (SSSR count). The van der Waals surface area contributed by atoms with Crippen molar-refractivity contribution in [1.29, 1.82) is 0 Å². The number of fused-ring (bicyclic) bond motifs is 3. The average Bonchev–Trinajstić information content (AvgIpc) is 3.35. The van der Waals surface area contributed by atoms with E-state index in [-0.39, 0.29) is 6.09 Å². The largest absolute Gasteiger partial charge is 0.479 e. The van der Waals surface area contributed by atoms with E-state index in [9.17, 15) is 4.79 Å². The van der Waals surface area contributed by atoms with Crippen molar-refractivity contribution in [1.82, 2.24) is 19.9 Å². The Bertz CT molecular complexity index is 1230. The molecule has 0 aliphatic carbocycles. The van der Waals surface area contributed by atoms with Gasteiger partial charge in [-0.05, 0) is 54.9 Å². The standard InChI is InChI=1S/C24H29BrN8O3/c1-24(2,3)36-23(34)32-11-9-31(10-12-32)18-6-5-17(21(29-18)35-4)28-22-27-14-15-13-16(25)20-26-7-8-33(20)19(15)30-22/h5-6,13-14H,7-12H2,1-4H3,(H,27,28,30). The number of ether oxygens (including phenoxy) is 2. The van der Waals surface area contributed by atoms with Gasteiger partial charge in [0.05, 0.1) is 18.1 Å². The monoisotopic (exact) mass is 556 g/mol. The molecule has 0 unspecified atom stereocenters. The van der Waals surface area contributed by atoms with Crippen molar-refractivity contribution in [2.45, 2.75) is 26.4 Å². The van der Waals surface area contributed by atoms with Gasteiger partial charge < -0.3 is 29.5 Å². The van der Waals surface area contributed by atoms with Gasteiger partial charge in [0.15, 0.2) is 0 Å². The molecule has 0 atom stereocenters. The van der Waals surface area contributed by atoms with Crippen LogP contribution in [-0.2, 0) is 4.74 Å². The molecule has 0 bridgehead atoms. The van der Waals surface area contributed by atoms with E-state index in [0.29, 0.717) is 43.7 Å². The molecule has 36 heavy (non-hydrogen) atoms. The summed E-state index contributed by atoms with van der Waals surface area (Å²) in [6.45, 7) is 9.56. The first-order chi connectivity index (χ1) is 17.2. The zero-order valence-electron chi connectivity index (χ0n) is 20.8. The first-order valence-electron chi connectivity index (χ1n) is 11.8. The molecule has 0 spiro atoms. The van der Waals surface area contributed by atoms with Crippen molar-refractivity contribution in [3.63, 3.8) is 0 Å². The summed E-state index contributed by atoms with van der Waals surface area (Å²) in [7, 11) is 1.58. The number of aromatic nitrogens is 3. The molecule has 0 saturated carbocycles. The van der Waals surface area contributed by atoms with Crippen LogP contribution in [0.25, 0.3) is 6.08 Å². The second kappa shape index (κ2) is 9.57. The number of hydrogen-bond donors (Lipinski definition) is 1.